The molecule has 3 heterocycles. The lowest BCUT2D eigenvalue weighted by Gasteiger charge is -2.43. The molecule has 2 aromatic heterocycles. The van der Waals surface area contributed by atoms with Gasteiger partial charge in [0.1, 0.15) is 36.2 Å². The molecule has 0 radical (unpaired) electrons. The highest BCUT2D eigenvalue weighted by atomic mass is 35.5. The Morgan fingerprint density at radius 3 is 2.59 bits per heavy atom. The number of hydrogen-bond acceptors (Lipinski definition) is 8. The van der Waals surface area contributed by atoms with Crippen molar-refractivity contribution < 1.29 is 32.9 Å². The third-order valence-corrected chi connectivity index (χ3v) is 7.36. The maximum Gasteiger partial charge on any atom is 0.178 e. The van der Waals surface area contributed by atoms with E-state index < -0.39 is 54.9 Å². The van der Waals surface area contributed by atoms with E-state index >= 15 is 0 Å². The maximum atomic E-state index is 14.5. The van der Waals surface area contributed by atoms with Gasteiger partial charge < -0.3 is 19.7 Å². The molecule has 37 heavy (non-hydrogen) atoms. The predicted octanol–water partition coefficient (Wildman–Crippen LogP) is 2.45. The van der Waals surface area contributed by atoms with Crippen LogP contribution in [0, 0.1) is 11.6 Å². The van der Waals surface area contributed by atoms with Gasteiger partial charge in [0.05, 0.1) is 35.7 Å². The summed E-state index contributed by atoms with van der Waals surface area (Å²) in [6.45, 7) is -0.499. The summed E-state index contributed by atoms with van der Waals surface area (Å²) in [5, 5.41) is 36.7. The Hall–Kier alpha value is -2.58. The average Bonchev–Trinajstić information content (AvgIpc) is 3.64. The van der Waals surface area contributed by atoms with E-state index in [9.17, 15) is 23.4 Å². The van der Waals surface area contributed by atoms with Gasteiger partial charge in [0.25, 0.3) is 0 Å². The second-order valence-corrected chi connectivity index (χ2v) is 9.70. The smallest absolute Gasteiger partial charge is 0.178 e. The fraction of sp³-hybridized carbons (Fsp3) is 0.565. The zero-order valence-corrected chi connectivity index (χ0v) is 20.5. The van der Waals surface area contributed by atoms with Crippen LogP contribution in [0.15, 0.2) is 24.5 Å². The number of halogens is 4. The number of rotatable bonds is 7. The topological polar surface area (TPSA) is 120 Å². The van der Waals surface area contributed by atoms with Crippen LogP contribution in [0.5, 0.6) is 0 Å². The normalized spacial score (nSPS) is 30.2. The molecule has 0 bridgehead atoms. The van der Waals surface area contributed by atoms with Gasteiger partial charge in [-0.25, -0.2) is 22.5 Å². The average molecular weight is 543 g/mol. The van der Waals surface area contributed by atoms with Gasteiger partial charge in [-0.05, 0) is 31.4 Å². The Kier molecular flexibility index (Phi) is 7.50. The molecule has 2 fully saturated rings. The Balaban J connectivity index is 1.42. The first-order chi connectivity index (χ1) is 17.8. The SMILES string of the molecule is CO[C@@H]1[C@@H](n2cc(-c3ccc(Cl)c(F)c3F)nn2)[C@@H](O)[C@@H](CO)O[C@@H]1Cc1cn([C@H]2CCC[C@H]2F)nn1. The minimum Gasteiger partial charge on any atom is -0.394 e. The molecule has 2 N–H and O–H groups in total. The molecule has 3 aromatic rings. The summed E-state index contributed by atoms with van der Waals surface area (Å²) in [7, 11) is 1.43. The Bertz CT molecular complexity index is 1250. The zero-order chi connectivity index (χ0) is 26.3. The van der Waals surface area contributed by atoms with Crippen molar-refractivity contribution in [3.05, 3.63) is 46.9 Å². The highest BCUT2D eigenvalue weighted by molar-refractivity contribution is 6.30. The lowest BCUT2D eigenvalue weighted by Crippen LogP contribution is -2.57. The number of nitrogens with zero attached hydrogens (tertiary/aromatic N) is 6. The highest BCUT2D eigenvalue weighted by Crippen LogP contribution is 2.35. The Labute approximate surface area is 214 Å². The number of aromatic nitrogens is 6. The van der Waals surface area contributed by atoms with Crippen LogP contribution in [0.25, 0.3) is 11.3 Å². The van der Waals surface area contributed by atoms with E-state index in [1.165, 1.54) is 34.8 Å². The molecule has 1 aromatic carbocycles. The van der Waals surface area contributed by atoms with Crippen molar-refractivity contribution in [2.75, 3.05) is 13.7 Å². The van der Waals surface area contributed by atoms with Crippen LogP contribution < -0.4 is 0 Å². The number of methoxy groups -OCH3 is 1. The van der Waals surface area contributed by atoms with Crippen molar-refractivity contribution in [3.63, 3.8) is 0 Å². The second-order valence-electron chi connectivity index (χ2n) is 9.29. The van der Waals surface area contributed by atoms with E-state index in [0.717, 1.165) is 6.42 Å². The van der Waals surface area contributed by atoms with Crippen molar-refractivity contribution >= 4 is 11.6 Å². The lowest BCUT2D eigenvalue weighted by atomic mass is 9.90. The Morgan fingerprint density at radius 1 is 1.11 bits per heavy atom. The third kappa shape index (κ3) is 4.86. The molecule has 0 spiro atoms. The number of ether oxygens (including phenoxy) is 2. The molecule has 7 atom stereocenters. The molecule has 1 aliphatic carbocycles. The standard InChI is InChI=1S/C23H26ClF3N6O4/c1-36-23-17(7-11-8-32(30-28-11)16-4-2-3-14(16)25)37-18(10-34)22(35)21(23)33-9-15(29-31-33)12-5-6-13(24)20(27)19(12)26/h5-6,8-9,14,16-18,21-23,34-35H,2-4,7,10H2,1H3/t14-,16+,17-,18-,21+,22+,23+/m1/s1. The number of hydrogen-bond donors (Lipinski definition) is 2. The molecule has 2 aliphatic rings. The summed E-state index contributed by atoms with van der Waals surface area (Å²) in [6.07, 6.45) is 0.396. The molecule has 0 unspecified atom stereocenters. The van der Waals surface area contributed by atoms with E-state index in [0.29, 0.717) is 18.5 Å². The predicted molar refractivity (Wildman–Crippen MR) is 123 cm³/mol. The molecule has 1 saturated carbocycles. The van der Waals surface area contributed by atoms with Gasteiger partial charge in [0, 0.05) is 25.3 Å². The molecule has 14 heteroatoms. The van der Waals surface area contributed by atoms with Crippen molar-refractivity contribution in [3.8, 4) is 11.3 Å². The van der Waals surface area contributed by atoms with Crippen molar-refractivity contribution in [1.82, 2.24) is 30.0 Å². The summed E-state index contributed by atoms with van der Waals surface area (Å²) in [5.74, 6) is -2.39. The van der Waals surface area contributed by atoms with Crippen molar-refractivity contribution in [2.45, 2.75) is 68.4 Å². The van der Waals surface area contributed by atoms with Crippen molar-refractivity contribution in [2.24, 2.45) is 0 Å². The molecular weight excluding hydrogens is 517 g/mol. The first kappa shape index (κ1) is 26.0. The Morgan fingerprint density at radius 2 is 1.89 bits per heavy atom. The molecule has 10 nitrogen and oxygen atoms in total. The second kappa shape index (κ2) is 10.7. The van der Waals surface area contributed by atoms with E-state index in [4.69, 9.17) is 21.1 Å². The van der Waals surface area contributed by atoms with Gasteiger partial charge in [-0.3, -0.25) is 0 Å². The van der Waals surface area contributed by atoms with E-state index in [1.54, 1.807) is 6.20 Å². The van der Waals surface area contributed by atoms with Crippen LogP contribution in [-0.2, 0) is 15.9 Å². The molecule has 5 rings (SSSR count). The zero-order valence-electron chi connectivity index (χ0n) is 19.8. The van der Waals surface area contributed by atoms with Crippen LogP contribution >= 0.6 is 11.6 Å². The first-order valence-electron chi connectivity index (χ1n) is 11.9. The summed E-state index contributed by atoms with van der Waals surface area (Å²) in [5.41, 5.74) is 0.378. The van der Waals surface area contributed by atoms with Crippen molar-refractivity contribution in [1.29, 1.82) is 0 Å². The minimum atomic E-state index is -1.27. The number of aliphatic hydroxyl groups is 2. The van der Waals surface area contributed by atoms with Gasteiger partial charge >= 0.3 is 0 Å². The summed E-state index contributed by atoms with van der Waals surface area (Å²) in [6, 6.07) is 1.22. The number of aliphatic hydroxyl groups excluding tert-OH is 2. The van der Waals surface area contributed by atoms with Crippen LogP contribution in [0.3, 0.4) is 0 Å². The van der Waals surface area contributed by atoms with E-state index in [1.807, 2.05) is 0 Å². The quantitative estimate of drug-likeness (QED) is 0.437. The van der Waals surface area contributed by atoms with Gasteiger partial charge in [-0.1, -0.05) is 22.0 Å². The van der Waals surface area contributed by atoms with Gasteiger partial charge in [-0.2, -0.15) is 0 Å². The molecular formula is C23H26ClF3N6O4. The summed E-state index contributed by atoms with van der Waals surface area (Å²) in [4.78, 5) is 0. The van der Waals surface area contributed by atoms with Gasteiger partial charge in [0.2, 0.25) is 0 Å². The summed E-state index contributed by atoms with van der Waals surface area (Å²) < 4.78 is 57.1. The van der Waals surface area contributed by atoms with Gasteiger partial charge in [-0.15, -0.1) is 10.2 Å². The molecule has 1 aliphatic heterocycles. The summed E-state index contributed by atoms with van der Waals surface area (Å²) >= 11 is 5.64. The van der Waals surface area contributed by atoms with Crippen LogP contribution in [-0.4, -0.2) is 84.5 Å². The lowest BCUT2D eigenvalue weighted by molar-refractivity contribution is -0.212. The van der Waals surface area contributed by atoms with Crippen LogP contribution in [0.2, 0.25) is 5.02 Å². The molecule has 200 valence electrons. The number of alkyl halides is 1. The van der Waals surface area contributed by atoms with E-state index in [2.05, 4.69) is 20.6 Å². The van der Waals surface area contributed by atoms with Crippen LogP contribution in [0.4, 0.5) is 13.2 Å². The maximum absolute atomic E-state index is 14.5. The highest BCUT2D eigenvalue weighted by Gasteiger charge is 2.47. The number of benzene rings is 1. The fourth-order valence-electron chi connectivity index (χ4n) is 5.17. The minimum absolute atomic E-state index is 0.0130. The monoisotopic (exact) mass is 542 g/mol. The third-order valence-electron chi connectivity index (χ3n) is 7.07. The van der Waals surface area contributed by atoms with Gasteiger partial charge in [0.15, 0.2) is 11.6 Å². The largest absolute Gasteiger partial charge is 0.394 e. The molecule has 1 saturated heterocycles. The van der Waals surface area contributed by atoms with Crippen LogP contribution in [0.1, 0.15) is 37.0 Å². The van der Waals surface area contributed by atoms with E-state index in [-0.39, 0.29) is 28.7 Å². The fourth-order valence-corrected chi connectivity index (χ4v) is 5.31. The first-order valence-corrected chi connectivity index (χ1v) is 12.3. The molecule has 0 amide bonds.